The number of thiophene rings is 1. The smallest absolute Gasteiger partial charge is 0.275 e. The van der Waals surface area contributed by atoms with E-state index in [1.54, 1.807) is 16.2 Å². The summed E-state index contributed by atoms with van der Waals surface area (Å²) in [5.41, 5.74) is 2.75. The van der Waals surface area contributed by atoms with Gasteiger partial charge in [0.25, 0.3) is 5.91 Å². The first-order chi connectivity index (χ1) is 12.1. The number of amides is 1. The van der Waals surface area contributed by atoms with Gasteiger partial charge in [0.15, 0.2) is 6.54 Å². The van der Waals surface area contributed by atoms with Gasteiger partial charge in [0.05, 0.1) is 6.04 Å². The molecule has 0 unspecified atom stereocenters. The average Bonchev–Trinajstić information content (AvgIpc) is 3.11. The Balaban J connectivity index is 1.41. The molecule has 134 valence electrons. The second-order valence-corrected chi connectivity index (χ2v) is 8.13. The fourth-order valence-corrected chi connectivity index (χ4v) is 4.28. The Hall–Kier alpha value is -1.69. The molecule has 1 aliphatic heterocycles. The van der Waals surface area contributed by atoms with Gasteiger partial charge in [0, 0.05) is 10.4 Å². The number of rotatable bonds is 6. The number of hydrogen-bond donors (Lipinski definition) is 3. The van der Waals surface area contributed by atoms with E-state index >= 15 is 0 Å². The summed E-state index contributed by atoms with van der Waals surface area (Å²) in [5.74, 6) is 0.165. The highest BCUT2D eigenvalue weighted by atomic mass is 32.1. The van der Waals surface area contributed by atoms with E-state index in [4.69, 9.17) is 0 Å². The van der Waals surface area contributed by atoms with Crippen LogP contribution in [0.2, 0.25) is 0 Å². The molecule has 1 aliphatic rings. The van der Waals surface area contributed by atoms with E-state index in [1.807, 2.05) is 6.07 Å². The highest BCUT2D eigenvalue weighted by Crippen LogP contribution is 2.17. The summed E-state index contributed by atoms with van der Waals surface area (Å²) in [5, 5.41) is 5.19. The van der Waals surface area contributed by atoms with Crippen molar-refractivity contribution in [1.82, 2.24) is 5.32 Å². The molecule has 1 fully saturated rings. The molecule has 0 saturated carbocycles. The molecular formula is C20H29N3OS+2. The Morgan fingerprint density at radius 2 is 1.92 bits per heavy atom. The van der Waals surface area contributed by atoms with Crippen LogP contribution in [0.5, 0.6) is 0 Å². The molecular weight excluding hydrogens is 330 g/mol. The normalized spacial score (nSPS) is 21.7. The van der Waals surface area contributed by atoms with Crippen LogP contribution in [-0.4, -0.2) is 38.6 Å². The highest BCUT2D eigenvalue weighted by molar-refractivity contribution is 7.10. The van der Waals surface area contributed by atoms with E-state index in [0.717, 1.165) is 32.7 Å². The molecule has 2 aromatic rings. The molecule has 0 aliphatic carbocycles. The molecule has 4 nitrogen and oxygen atoms in total. The van der Waals surface area contributed by atoms with E-state index in [1.165, 1.54) is 20.9 Å². The predicted octanol–water partition coefficient (Wildman–Crippen LogP) is 0.217. The molecule has 0 bridgehead atoms. The number of benzene rings is 1. The zero-order valence-electron chi connectivity index (χ0n) is 15.2. The third-order valence-corrected chi connectivity index (χ3v) is 6.01. The molecule has 0 spiro atoms. The minimum atomic E-state index is 0.111. The summed E-state index contributed by atoms with van der Waals surface area (Å²) in [6.07, 6.45) is 0. The van der Waals surface area contributed by atoms with Crippen molar-refractivity contribution in [2.75, 3.05) is 32.7 Å². The van der Waals surface area contributed by atoms with E-state index in [-0.39, 0.29) is 11.9 Å². The van der Waals surface area contributed by atoms with E-state index in [2.05, 4.69) is 54.9 Å². The van der Waals surface area contributed by atoms with Crippen molar-refractivity contribution >= 4 is 17.2 Å². The fraction of sp³-hybridized carbons (Fsp3) is 0.450. The minimum Gasteiger partial charge on any atom is -0.344 e. The summed E-state index contributed by atoms with van der Waals surface area (Å²) >= 11 is 1.70. The molecule has 25 heavy (non-hydrogen) atoms. The molecule has 1 amide bonds. The summed E-state index contributed by atoms with van der Waals surface area (Å²) in [6, 6.07) is 13.0. The predicted molar refractivity (Wildman–Crippen MR) is 102 cm³/mol. The number of aryl methyl sites for hydroxylation is 1. The van der Waals surface area contributed by atoms with Crippen LogP contribution >= 0.6 is 11.3 Å². The highest BCUT2D eigenvalue weighted by Gasteiger charge is 2.25. The van der Waals surface area contributed by atoms with Crippen LogP contribution in [0.25, 0.3) is 0 Å². The van der Waals surface area contributed by atoms with Crippen molar-refractivity contribution in [2.24, 2.45) is 0 Å². The van der Waals surface area contributed by atoms with Crippen LogP contribution in [-0.2, 0) is 11.3 Å². The van der Waals surface area contributed by atoms with Crippen molar-refractivity contribution in [2.45, 2.75) is 26.4 Å². The quantitative estimate of drug-likeness (QED) is 0.678. The van der Waals surface area contributed by atoms with Crippen LogP contribution in [0.3, 0.4) is 0 Å². The number of quaternary nitrogens is 2. The molecule has 1 aromatic heterocycles. The van der Waals surface area contributed by atoms with Gasteiger partial charge in [-0.3, -0.25) is 4.79 Å². The van der Waals surface area contributed by atoms with E-state index < -0.39 is 0 Å². The third kappa shape index (κ3) is 5.39. The van der Waals surface area contributed by atoms with Gasteiger partial charge >= 0.3 is 0 Å². The zero-order valence-corrected chi connectivity index (χ0v) is 16.0. The monoisotopic (exact) mass is 359 g/mol. The lowest BCUT2D eigenvalue weighted by Gasteiger charge is -2.29. The average molecular weight is 360 g/mol. The molecule has 3 N–H and O–H groups in total. The van der Waals surface area contributed by atoms with Crippen molar-refractivity contribution in [3.05, 3.63) is 57.8 Å². The van der Waals surface area contributed by atoms with Gasteiger partial charge < -0.3 is 15.1 Å². The summed E-state index contributed by atoms with van der Waals surface area (Å²) < 4.78 is 0. The van der Waals surface area contributed by atoms with Crippen LogP contribution in [0.15, 0.2) is 41.8 Å². The molecule has 3 rings (SSSR count). The van der Waals surface area contributed by atoms with Crippen LogP contribution in [0.4, 0.5) is 0 Å². The fourth-order valence-electron chi connectivity index (χ4n) is 3.55. The van der Waals surface area contributed by atoms with Gasteiger partial charge in [0.2, 0.25) is 0 Å². The van der Waals surface area contributed by atoms with Crippen molar-refractivity contribution in [1.29, 1.82) is 0 Å². The largest absolute Gasteiger partial charge is 0.344 e. The Morgan fingerprint density at radius 3 is 2.60 bits per heavy atom. The van der Waals surface area contributed by atoms with Gasteiger partial charge in [-0.05, 0) is 25.3 Å². The number of hydrogen-bond acceptors (Lipinski definition) is 2. The topological polar surface area (TPSA) is 38.0 Å². The maximum absolute atomic E-state index is 12.3. The van der Waals surface area contributed by atoms with Gasteiger partial charge in [-0.2, -0.15) is 0 Å². The molecule has 1 atom stereocenters. The van der Waals surface area contributed by atoms with Crippen molar-refractivity contribution in [3.63, 3.8) is 0 Å². The van der Waals surface area contributed by atoms with Gasteiger partial charge in [0.1, 0.15) is 32.7 Å². The standard InChI is InChI=1S/C20H27N3OS/c1-16-5-3-6-18(13-16)14-22-8-10-23(11-9-22)15-20(24)21-17(2)19-7-4-12-25-19/h3-7,12-13,17H,8-11,14-15H2,1-2H3,(H,21,24)/p+2/t17-/m0/s1. The molecule has 2 heterocycles. The summed E-state index contributed by atoms with van der Waals surface area (Å²) in [6.45, 7) is 10.3. The second kappa shape index (κ2) is 8.61. The second-order valence-electron chi connectivity index (χ2n) is 7.15. The first-order valence-corrected chi connectivity index (χ1v) is 10.0. The SMILES string of the molecule is Cc1cccc(C[NH+]2CC[NH+](CC(=O)N[C@@H](C)c3cccs3)CC2)c1. The van der Waals surface area contributed by atoms with Gasteiger partial charge in [-0.25, -0.2) is 0 Å². The van der Waals surface area contributed by atoms with E-state index in [9.17, 15) is 4.79 Å². The number of carbonyl (C=O) groups excluding carboxylic acids is 1. The first kappa shape index (κ1) is 18.1. The Kier molecular flexibility index (Phi) is 6.24. The Morgan fingerprint density at radius 1 is 1.16 bits per heavy atom. The van der Waals surface area contributed by atoms with E-state index in [0.29, 0.717) is 6.54 Å². The van der Waals surface area contributed by atoms with Crippen LogP contribution < -0.4 is 15.1 Å². The lowest BCUT2D eigenvalue weighted by atomic mass is 10.1. The third-order valence-electron chi connectivity index (χ3n) is 4.96. The Bertz CT molecular complexity index is 678. The van der Waals surface area contributed by atoms with Gasteiger partial charge in [-0.15, -0.1) is 11.3 Å². The lowest BCUT2D eigenvalue weighted by molar-refractivity contribution is -1.02. The number of carbonyl (C=O) groups is 1. The molecule has 1 saturated heterocycles. The summed E-state index contributed by atoms with van der Waals surface area (Å²) in [4.78, 5) is 16.5. The maximum atomic E-state index is 12.3. The van der Waals surface area contributed by atoms with Crippen LogP contribution in [0, 0.1) is 6.92 Å². The van der Waals surface area contributed by atoms with Crippen molar-refractivity contribution < 1.29 is 14.6 Å². The Labute approximate surface area is 154 Å². The zero-order chi connectivity index (χ0) is 17.6. The summed E-state index contributed by atoms with van der Waals surface area (Å²) in [7, 11) is 0. The minimum absolute atomic E-state index is 0.111. The molecule has 5 heteroatoms. The van der Waals surface area contributed by atoms with Crippen LogP contribution in [0.1, 0.15) is 29.0 Å². The molecule has 1 aromatic carbocycles. The first-order valence-electron chi connectivity index (χ1n) is 9.15. The van der Waals surface area contributed by atoms with Crippen molar-refractivity contribution in [3.8, 4) is 0 Å². The lowest BCUT2D eigenvalue weighted by Crippen LogP contribution is -3.28. The maximum Gasteiger partial charge on any atom is 0.275 e. The van der Waals surface area contributed by atoms with Gasteiger partial charge in [-0.1, -0.05) is 35.9 Å². The number of piperazine rings is 1. The molecule has 0 radical (unpaired) electrons. The number of nitrogens with one attached hydrogen (secondary N) is 3.